The van der Waals surface area contributed by atoms with Gasteiger partial charge in [0.05, 0.1) is 0 Å². The van der Waals surface area contributed by atoms with Crippen molar-refractivity contribution in [3.8, 4) is 0 Å². The lowest BCUT2D eigenvalue weighted by atomic mass is 9.92. The highest BCUT2D eigenvalue weighted by Crippen LogP contribution is 2.22. The van der Waals surface area contributed by atoms with Gasteiger partial charge in [-0.15, -0.1) is 0 Å². The van der Waals surface area contributed by atoms with Crippen LogP contribution in [0, 0.1) is 0 Å². The third-order valence-corrected chi connectivity index (χ3v) is 4.54. The fraction of sp³-hybridized carbons (Fsp3) is 0.929. The first-order valence-electron chi connectivity index (χ1n) is 7.20. The van der Waals surface area contributed by atoms with Crippen LogP contribution in [-0.2, 0) is 4.79 Å². The smallest absolute Gasteiger partial charge is 0.134 e. The SMILES string of the molecule is CCC(C)N1CCN(C2CCCC(=O)C2)CC1. The molecule has 17 heavy (non-hydrogen) atoms. The Bertz CT molecular complexity index is 259. The zero-order chi connectivity index (χ0) is 12.3. The molecular formula is C14H26N2O. The van der Waals surface area contributed by atoms with Gasteiger partial charge in [-0.05, 0) is 26.2 Å². The molecule has 0 aromatic rings. The lowest BCUT2D eigenvalue weighted by Crippen LogP contribution is -2.53. The molecule has 0 spiro atoms. The van der Waals surface area contributed by atoms with E-state index < -0.39 is 0 Å². The van der Waals surface area contributed by atoms with Crippen molar-refractivity contribution in [1.29, 1.82) is 0 Å². The molecular weight excluding hydrogens is 212 g/mol. The first-order chi connectivity index (χ1) is 8.20. The minimum absolute atomic E-state index is 0.477. The van der Waals surface area contributed by atoms with Crippen LogP contribution in [-0.4, -0.2) is 53.8 Å². The molecule has 0 radical (unpaired) electrons. The number of nitrogens with zero attached hydrogens (tertiary/aromatic N) is 2. The van der Waals surface area contributed by atoms with Crippen LogP contribution >= 0.6 is 0 Å². The molecule has 1 heterocycles. The van der Waals surface area contributed by atoms with Crippen LogP contribution in [0.25, 0.3) is 0 Å². The van der Waals surface area contributed by atoms with Crippen molar-refractivity contribution >= 4 is 5.78 Å². The van der Waals surface area contributed by atoms with E-state index in [1.54, 1.807) is 0 Å². The van der Waals surface area contributed by atoms with Crippen molar-refractivity contribution in [2.24, 2.45) is 0 Å². The zero-order valence-corrected chi connectivity index (χ0v) is 11.3. The van der Waals surface area contributed by atoms with Gasteiger partial charge in [0.15, 0.2) is 0 Å². The molecule has 2 atom stereocenters. The summed E-state index contributed by atoms with van der Waals surface area (Å²) < 4.78 is 0. The van der Waals surface area contributed by atoms with Gasteiger partial charge in [0.2, 0.25) is 0 Å². The van der Waals surface area contributed by atoms with Crippen molar-refractivity contribution in [2.45, 2.75) is 58.0 Å². The van der Waals surface area contributed by atoms with Crippen molar-refractivity contribution in [2.75, 3.05) is 26.2 Å². The first kappa shape index (κ1) is 13.0. The molecule has 0 aromatic carbocycles. The molecule has 0 amide bonds. The van der Waals surface area contributed by atoms with E-state index in [1.165, 1.54) is 25.9 Å². The molecule has 2 unspecified atom stereocenters. The molecule has 3 heteroatoms. The molecule has 2 fully saturated rings. The van der Waals surface area contributed by atoms with Crippen molar-refractivity contribution < 1.29 is 4.79 Å². The predicted octanol–water partition coefficient (Wildman–Crippen LogP) is 1.91. The molecule has 1 aliphatic carbocycles. The van der Waals surface area contributed by atoms with Gasteiger partial charge in [-0.3, -0.25) is 14.6 Å². The highest BCUT2D eigenvalue weighted by atomic mass is 16.1. The van der Waals surface area contributed by atoms with E-state index in [1.807, 2.05) is 0 Å². The second-order valence-electron chi connectivity index (χ2n) is 5.62. The van der Waals surface area contributed by atoms with Gasteiger partial charge >= 0.3 is 0 Å². The third kappa shape index (κ3) is 3.29. The zero-order valence-electron chi connectivity index (χ0n) is 11.3. The molecule has 98 valence electrons. The molecule has 0 bridgehead atoms. The molecule has 1 saturated carbocycles. The number of carbonyl (C=O) groups is 1. The lowest BCUT2D eigenvalue weighted by molar-refractivity contribution is -0.122. The summed E-state index contributed by atoms with van der Waals surface area (Å²) in [5.41, 5.74) is 0. The average Bonchev–Trinajstić information content (AvgIpc) is 2.38. The summed E-state index contributed by atoms with van der Waals surface area (Å²) in [4.78, 5) is 16.6. The van der Waals surface area contributed by atoms with Crippen LogP contribution in [0.4, 0.5) is 0 Å². The van der Waals surface area contributed by atoms with Gasteiger partial charge in [-0.2, -0.15) is 0 Å². The molecule has 0 N–H and O–H groups in total. The van der Waals surface area contributed by atoms with Crippen LogP contribution in [0.2, 0.25) is 0 Å². The molecule has 1 saturated heterocycles. The second kappa shape index (κ2) is 5.96. The number of piperazine rings is 1. The largest absolute Gasteiger partial charge is 0.300 e. The number of carbonyl (C=O) groups excluding carboxylic acids is 1. The predicted molar refractivity (Wildman–Crippen MR) is 70.2 cm³/mol. The maximum atomic E-state index is 11.5. The number of hydrogen-bond acceptors (Lipinski definition) is 3. The van der Waals surface area contributed by atoms with Gasteiger partial charge in [0.25, 0.3) is 0 Å². The van der Waals surface area contributed by atoms with Gasteiger partial charge in [-0.1, -0.05) is 6.92 Å². The first-order valence-corrected chi connectivity index (χ1v) is 7.20. The Kier molecular flexibility index (Phi) is 4.57. The van der Waals surface area contributed by atoms with Crippen molar-refractivity contribution in [1.82, 2.24) is 9.80 Å². The van der Waals surface area contributed by atoms with Gasteiger partial charge < -0.3 is 0 Å². The summed E-state index contributed by atoms with van der Waals surface area (Å²) >= 11 is 0. The van der Waals surface area contributed by atoms with Crippen LogP contribution in [0.15, 0.2) is 0 Å². The Labute approximate surface area is 105 Å². The Hall–Kier alpha value is -0.410. The standard InChI is InChI=1S/C14H26N2O/c1-3-12(2)15-7-9-16(10-8-15)13-5-4-6-14(17)11-13/h12-13H,3-11H2,1-2H3. The molecule has 3 nitrogen and oxygen atoms in total. The maximum absolute atomic E-state index is 11.5. The monoisotopic (exact) mass is 238 g/mol. The van der Waals surface area contributed by atoms with Gasteiger partial charge in [-0.25, -0.2) is 0 Å². The van der Waals surface area contributed by atoms with E-state index in [9.17, 15) is 4.79 Å². The molecule has 2 rings (SSSR count). The Morgan fingerprint density at radius 3 is 2.59 bits per heavy atom. The van der Waals surface area contributed by atoms with E-state index in [-0.39, 0.29) is 0 Å². The summed E-state index contributed by atoms with van der Waals surface area (Å²) in [5.74, 6) is 0.477. The highest BCUT2D eigenvalue weighted by molar-refractivity contribution is 5.79. The summed E-state index contributed by atoms with van der Waals surface area (Å²) in [6.45, 7) is 9.25. The Morgan fingerprint density at radius 1 is 1.29 bits per heavy atom. The van der Waals surface area contributed by atoms with Crippen LogP contribution in [0.5, 0.6) is 0 Å². The average molecular weight is 238 g/mol. The molecule has 2 aliphatic rings. The highest BCUT2D eigenvalue weighted by Gasteiger charge is 2.28. The van der Waals surface area contributed by atoms with Gasteiger partial charge in [0, 0.05) is 51.1 Å². The Balaban J connectivity index is 1.80. The van der Waals surface area contributed by atoms with Crippen LogP contribution < -0.4 is 0 Å². The maximum Gasteiger partial charge on any atom is 0.134 e. The van der Waals surface area contributed by atoms with E-state index in [2.05, 4.69) is 23.6 Å². The normalized spacial score (nSPS) is 30.5. The fourth-order valence-electron chi connectivity index (χ4n) is 3.11. The van der Waals surface area contributed by atoms with Crippen LogP contribution in [0.3, 0.4) is 0 Å². The Morgan fingerprint density at radius 2 is 2.00 bits per heavy atom. The van der Waals surface area contributed by atoms with E-state index in [0.717, 1.165) is 32.4 Å². The van der Waals surface area contributed by atoms with E-state index in [0.29, 0.717) is 17.9 Å². The van der Waals surface area contributed by atoms with E-state index in [4.69, 9.17) is 0 Å². The molecule has 1 aliphatic heterocycles. The fourth-order valence-corrected chi connectivity index (χ4v) is 3.11. The minimum Gasteiger partial charge on any atom is -0.300 e. The van der Waals surface area contributed by atoms with Crippen molar-refractivity contribution in [3.63, 3.8) is 0 Å². The lowest BCUT2D eigenvalue weighted by Gasteiger charge is -2.42. The minimum atomic E-state index is 0.477. The summed E-state index contributed by atoms with van der Waals surface area (Å²) in [6, 6.07) is 1.26. The summed E-state index contributed by atoms with van der Waals surface area (Å²) in [5, 5.41) is 0. The van der Waals surface area contributed by atoms with E-state index >= 15 is 0 Å². The quantitative estimate of drug-likeness (QED) is 0.750. The number of rotatable bonds is 3. The summed E-state index contributed by atoms with van der Waals surface area (Å²) in [6.07, 6.45) is 5.21. The summed E-state index contributed by atoms with van der Waals surface area (Å²) in [7, 11) is 0. The number of ketones is 1. The number of hydrogen-bond donors (Lipinski definition) is 0. The third-order valence-electron chi connectivity index (χ3n) is 4.54. The van der Waals surface area contributed by atoms with Gasteiger partial charge in [0.1, 0.15) is 5.78 Å². The second-order valence-corrected chi connectivity index (χ2v) is 5.62. The van der Waals surface area contributed by atoms with Crippen LogP contribution in [0.1, 0.15) is 46.0 Å². The topological polar surface area (TPSA) is 23.6 Å². The van der Waals surface area contributed by atoms with Crippen molar-refractivity contribution in [3.05, 3.63) is 0 Å². The molecule has 0 aromatic heterocycles. The number of Topliss-reactive ketones (excluding diaryl/α,β-unsaturated/α-hetero) is 1.